The zero-order chi connectivity index (χ0) is 23.8. The number of primary amides is 1. The van der Waals surface area contributed by atoms with Crippen LogP contribution in [0.2, 0.25) is 5.02 Å². The molecule has 0 bridgehead atoms. The van der Waals surface area contributed by atoms with Crippen molar-refractivity contribution in [2.75, 3.05) is 5.32 Å². The largest absolute Gasteiger partial charge is 0.419 e. The molecule has 1 aromatic heterocycles. The van der Waals surface area contributed by atoms with Crippen LogP contribution in [-0.4, -0.2) is 16.4 Å². The molecule has 0 saturated heterocycles. The van der Waals surface area contributed by atoms with Gasteiger partial charge in [0.2, 0.25) is 11.8 Å². The van der Waals surface area contributed by atoms with Gasteiger partial charge < -0.3 is 15.6 Å². The Hall–Kier alpha value is -3.40. The molecule has 11 heteroatoms. The molecule has 2 aromatic carbocycles. The second-order valence-electron chi connectivity index (χ2n) is 6.99. The number of anilines is 1. The average molecular weight is 470 g/mol. The number of nitrogens with one attached hydrogen (secondary N) is 1. The summed E-state index contributed by atoms with van der Waals surface area (Å²) < 4.78 is 54.0. The molecular weight excluding hydrogens is 454 g/mol. The highest BCUT2D eigenvalue weighted by Crippen LogP contribution is 2.33. The molecule has 0 unspecified atom stereocenters. The minimum absolute atomic E-state index is 0.0255. The maximum absolute atomic E-state index is 14.2. The van der Waals surface area contributed by atoms with Gasteiger partial charge >= 0.3 is 6.18 Å². The SMILES string of the molecule is C[C@H](C(N)=O)n1ccc2c(NC(=O)Cc3cccc(C(F)(F)F)c3F)c(Cl)ccc2c1=O. The quantitative estimate of drug-likeness (QED) is 0.552. The highest BCUT2D eigenvalue weighted by atomic mass is 35.5. The van der Waals surface area contributed by atoms with Crippen LogP contribution in [0.4, 0.5) is 23.2 Å². The van der Waals surface area contributed by atoms with E-state index >= 15 is 0 Å². The number of amides is 2. The molecule has 3 N–H and O–H groups in total. The predicted molar refractivity (Wildman–Crippen MR) is 111 cm³/mol. The lowest BCUT2D eigenvalue weighted by atomic mass is 10.1. The number of benzene rings is 2. The first kappa shape index (κ1) is 23.3. The molecule has 32 heavy (non-hydrogen) atoms. The fourth-order valence-corrected chi connectivity index (χ4v) is 3.39. The summed E-state index contributed by atoms with van der Waals surface area (Å²) in [6.07, 6.45) is -4.30. The molecule has 0 aliphatic heterocycles. The lowest BCUT2D eigenvalue weighted by molar-refractivity contribution is -0.140. The van der Waals surface area contributed by atoms with E-state index in [9.17, 15) is 31.9 Å². The smallest absolute Gasteiger partial charge is 0.368 e. The van der Waals surface area contributed by atoms with Crippen molar-refractivity contribution in [3.63, 3.8) is 0 Å². The van der Waals surface area contributed by atoms with Gasteiger partial charge in [-0.3, -0.25) is 14.4 Å². The third-order valence-corrected chi connectivity index (χ3v) is 5.20. The van der Waals surface area contributed by atoms with Crippen molar-refractivity contribution in [3.8, 4) is 0 Å². The van der Waals surface area contributed by atoms with Gasteiger partial charge in [-0.15, -0.1) is 0 Å². The Morgan fingerprint density at radius 2 is 1.84 bits per heavy atom. The van der Waals surface area contributed by atoms with Crippen LogP contribution < -0.4 is 16.6 Å². The van der Waals surface area contributed by atoms with E-state index in [2.05, 4.69) is 5.32 Å². The monoisotopic (exact) mass is 469 g/mol. The normalized spacial score (nSPS) is 12.6. The molecule has 1 atom stereocenters. The minimum Gasteiger partial charge on any atom is -0.368 e. The number of halogens is 5. The molecule has 3 aromatic rings. The zero-order valence-corrected chi connectivity index (χ0v) is 17.2. The number of nitrogens with two attached hydrogens (primary N) is 1. The van der Waals surface area contributed by atoms with Gasteiger partial charge in [-0.05, 0) is 36.8 Å². The molecule has 0 aliphatic rings. The number of fused-ring (bicyclic) bond motifs is 1. The van der Waals surface area contributed by atoms with Gasteiger partial charge in [0, 0.05) is 17.0 Å². The van der Waals surface area contributed by atoms with Crippen molar-refractivity contribution in [1.82, 2.24) is 4.57 Å². The fraction of sp³-hybridized carbons (Fsp3) is 0.190. The van der Waals surface area contributed by atoms with Crippen LogP contribution in [0.5, 0.6) is 0 Å². The molecule has 2 amide bonds. The summed E-state index contributed by atoms with van der Waals surface area (Å²) in [7, 11) is 0. The van der Waals surface area contributed by atoms with Crippen molar-refractivity contribution in [1.29, 1.82) is 0 Å². The second kappa shape index (κ2) is 8.62. The molecule has 0 aliphatic carbocycles. The zero-order valence-electron chi connectivity index (χ0n) is 16.5. The molecule has 0 radical (unpaired) electrons. The second-order valence-corrected chi connectivity index (χ2v) is 7.40. The van der Waals surface area contributed by atoms with Crippen LogP contribution in [-0.2, 0) is 22.2 Å². The maximum atomic E-state index is 14.2. The average Bonchev–Trinajstić information content (AvgIpc) is 2.70. The van der Waals surface area contributed by atoms with Crippen LogP contribution in [0.25, 0.3) is 10.8 Å². The third kappa shape index (κ3) is 4.45. The van der Waals surface area contributed by atoms with E-state index in [0.29, 0.717) is 6.07 Å². The van der Waals surface area contributed by atoms with E-state index in [4.69, 9.17) is 17.3 Å². The Morgan fingerprint density at radius 3 is 2.47 bits per heavy atom. The number of carbonyl (C=O) groups is 2. The number of hydrogen-bond donors (Lipinski definition) is 2. The Morgan fingerprint density at radius 1 is 1.16 bits per heavy atom. The molecule has 0 spiro atoms. The van der Waals surface area contributed by atoms with Crippen LogP contribution in [0.1, 0.15) is 24.1 Å². The molecule has 1 heterocycles. The molecular formula is C21H16ClF4N3O3. The molecule has 3 rings (SSSR count). The maximum Gasteiger partial charge on any atom is 0.419 e. The summed E-state index contributed by atoms with van der Waals surface area (Å²) in [5.41, 5.74) is 2.78. The number of alkyl halides is 3. The number of hydrogen-bond acceptors (Lipinski definition) is 3. The summed E-state index contributed by atoms with van der Waals surface area (Å²) >= 11 is 6.15. The van der Waals surface area contributed by atoms with Gasteiger partial charge in [-0.25, -0.2) is 4.39 Å². The van der Waals surface area contributed by atoms with Gasteiger partial charge in [-0.2, -0.15) is 13.2 Å². The number of nitrogens with zero attached hydrogens (tertiary/aromatic N) is 1. The molecule has 168 valence electrons. The first-order valence-corrected chi connectivity index (χ1v) is 9.56. The standard InChI is InChI=1S/C21H16ClF4N3O3/c1-10(19(27)31)29-8-7-12-13(20(29)32)5-6-15(22)18(12)28-16(30)9-11-3-2-4-14(17(11)23)21(24,25)26/h2-8,10H,9H2,1H3,(H2,27,31)(H,28,30)/t10-/m1/s1. The number of pyridine rings is 1. The van der Waals surface area contributed by atoms with Crippen molar-refractivity contribution in [2.24, 2.45) is 5.73 Å². The van der Waals surface area contributed by atoms with Gasteiger partial charge in [0.15, 0.2) is 0 Å². The molecule has 6 nitrogen and oxygen atoms in total. The molecule has 0 saturated carbocycles. The van der Waals surface area contributed by atoms with E-state index in [1.165, 1.54) is 31.3 Å². The van der Waals surface area contributed by atoms with Gasteiger partial charge in [0.05, 0.1) is 22.7 Å². The van der Waals surface area contributed by atoms with E-state index in [0.717, 1.165) is 16.7 Å². The summed E-state index contributed by atoms with van der Waals surface area (Å²) in [5, 5.41) is 2.82. The highest BCUT2D eigenvalue weighted by molar-refractivity contribution is 6.35. The van der Waals surface area contributed by atoms with Crippen LogP contribution in [0, 0.1) is 5.82 Å². The van der Waals surface area contributed by atoms with Crippen molar-refractivity contribution >= 4 is 39.9 Å². The van der Waals surface area contributed by atoms with E-state index in [1.807, 2.05) is 0 Å². The van der Waals surface area contributed by atoms with Crippen molar-refractivity contribution in [2.45, 2.75) is 25.6 Å². The first-order chi connectivity index (χ1) is 14.9. The topological polar surface area (TPSA) is 94.2 Å². The lowest BCUT2D eigenvalue weighted by Gasteiger charge is -2.15. The van der Waals surface area contributed by atoms with Gasteiger partial charge in [-0.1, -0.05) is 23.7 Å². The van der Waals surface area contributed by atoms with Crippen LogP contribution in [0.3, 0.4) is 0 Å². The number of aromatic nitrogens is 1. The van der Waals surface area contributed by atoms with Gasteiger partial charge in [0.1, 0.15) is 11.9 Å². The Labute approximate surface area is 183 Å². The van der Waals surface area contributed by atoms with Gasteiger partial charge in [0.25, 0.3) is 5.56 Å². The van der Waals surface area contributed by atoms with Crippen LogP contribution >= 0.6 is 11.6 Å². The summed E-state index contributed by atoms with van der Waals surface area (Å²) in [6, 6.07) is 5.89. The minimum atomic E-state index is -4.91. The van der Waals surface area contributed by atoms with E-state index < -0.39 is 53.0 Å². The summed E-state index contributed by atoms with van der Waals surface area (Å²) in [6.45, 7) is 1.44. The van der Waals surface area contributed by atoms with E-state index in [1.54, 1.807) is 0 Å². The molecule has 0 fully saturated rings. The van der Waals surface area contributed by atoms with Crippen molar-refractivity contribution < 1.29 is 27.2 Å². The first-order valence-electron chi connectivity index (χ1n) is 9.19. The van der Waals surface area contributed by atoms with E-state index in [-0.39, 0.29) is 21.5 Å². The fourth-order valence-electron chi connectivity index (χ4n) is 3.18. The lowest BCUT2D eigenvalue weighted by Crippen LogP contribution is -2.31. The third-order valence-electron chi connectivity index (χ3n) is 4.89. The van der Waals surface area contributed by atoms with Crippen molar-refractivity contribution in [3.05, 3.63) is 74.9 Å². The Bertz CT molecular complexity index is 1290. The summed E-state index contributed by atoms with van der Waals surface area (Å²) in [4.78, 5) is 36.6. The Kier molecular flexibility index (Phi) is 6.27. The highest BCUT2D eigenvalue weighted by Gasteiger charge is 2.35. The summed E-state index contributed by atoms with van der Waals surface area (Å²) in [5.74, 6) is -3.10. The number of carbonyl (C=O) groups excluding carboxylic acids is 2. The van der Waals surface area contributed by atoms with Crippen LogP contribution in [0.15, 0.2) is 47.4 Å². The predicted octanol–water partition coefficient (Wildman–Crippen LogP) is 4.04. The number of rotatable bonds is 5. The Balaban J connectivity index is 1.97.